The number of hydrogen-bond donors (Lipinski definition) is 4. The summed E-state index contributed by atoms with van der Waals surface area (Å²) >= 11 is 0. The number of hydrogen-bond acceptors (Lipinski definition) is 8. The Kier molecular flexibility index (Phi) is 6.21. The fraction of sp³-hybridized carbons (Fsp3) is 0.346. The molecule has 1 aromatic carbocycles. The van der Waals surface area contributed by atoms with Crippen molar-refractivity contribution in [2.75, 3.05) is 18.4 Å². The second-order valence-corrected chi connectivity index (χ2v) is 10.1. The molecule has 14 heteroatoms. The van der Waals surface area contributed by atoms with Gasteiger partial charge in [0.1, 0.15) is 5.69 Å². The summed E-state index contributed by atoms with van der Waals surface area (Å²) in [4.78, 5) is 33.2. The first-order valence-corrected chi connectivity index (χ1v) is 12.7. The number of aromatic nitrogens is 5. The van der Waals surface area contributed by atoms with Gasteiger partial charge in [-0.2, -0.15) is 18.3 Å². The largest absolute Gasteiger partial charge is 0.433 e. The second-order valence-electron chi connectivity index (χ2n) is 10.1. The van der Waals surface area contributed by atoms with Gasteiger partial charge < -0.3 is 20.7 Å². The van der Waals surface area contributed by atoms with E-state index in [9.17, 15) is 22.8 Å². The van der Waals surface area contributed by atoms with Gasteiger partial charge in [0.2, 0.25) is 0 Å². The molecular formula is C26H25F3N8O3. The molecule has 1 spiro atoms. The Balaban J connectivity index is 1.31. The predicted octanol–water partition coefficient (Wildman–Crippen LogP) is 3.46. The number of carbonyl (C=O) groups is 2. The van der Waals surface area contributed by atoms with E-state index in [1.54, 1.807) is 12.1 Å². The van der Waals surface area contributed by atoms with Crippen LogP contribution in [0.1, 0.15) is 41.4 Å². The van der Waals surface area contributed by atoms with E-state index in [4.69, 9.17) is 4.74 Å². The third-order valence-electron chi connectivity index (χ3n) is 7.60. The van der Waals surface area contributed by atoms with Gasteiger partial charge in [0.25, 0.3) is 12.4 Å². The number of halogens is 3. The fourth-order valence-electron chi connectivity index (χ4n) is 5.62. The lowest BCUT2D eigenvalue weighted by molar-refractivity contribution is -0.140. The molecule has 2 aliphatic rings. The van der Waals surface area contributed by atoms with Crippen molar-refractivity contribution in [2.45, 2.75) is 38.4 Å². The summed E-state index contributed by atoms with van der Waals surface area (Å²) in [5, 5.41) is 15.0. The number of H-pyrrole nitrogens is 1. The van der Waals surface area contributed by atoms with Crippen LogP contribution in [-0.2, 0) is 17.4 Å². The minimum Gasteiger partial charge on any atom is -0.426 e. The maximum atomic E-state index is 13.5. The number of nitrogens with zero attached hydrogens (tertiary/aromatic N) is 4. The number of rotatable bonds is 8. The topological polar surface area (TPSA) is 138 Å². The normalized spacial score (nSPS) is 16.4. The Labute approximate surface area is 225 Å². The van der Waals surface area contributed by atoms with E-state index >= 15 is 0 Å². The van der Waals surface area contributed by atoms with Gasteiger partial charge in [-0.05, 0) is 36.8 Å². The quantitative estimate of drug-likeness (QED) is 0.243. The number of alkyl halides is 3. The highest BCUT2D eigenvalue weighted by Gasteiger charge is 2.48. The van der Waals surface area contributed by atoms with Crippen LogP contribution < -0.4 is 20.7 Å². The Morgan fingerprint density at radius 3 is 2.73 bits per heavy atom. The van der Waals surface area contributed by atoms with E-state index < -0.39 is 11.9 Å². The van der Waals surface area contributed by atoms with Gasteiger partial charge >= 0.3 is 6.18 Å². The fourth-order valence-corrected chi connectivity index (χ4v) is 5.62. The molecule has 4 N–H and O–H groups in total. The van der Waals surface area contributed by atoms with Crippen LogP contribution in [0.4, 0.5) is 24.7 Å². The molecule has 208 valence electrons. The third kappa shape index (κ3) is 4.33. The first kappa shape index (κ1) is 25.8. The van der Waals surface area contributed by atoms with Crippen molar-refractivity contribution in [2.24, 2.45) is 5.41 Å². The summed E-state index contributed by atoms with van der Waals surface area (Å²) < 4.78 is 47.2. The Morgan fingerprint density at radius 2 is 2.05 bits per heavy atom. The molecule has 0 unspecified atom stereocenters. The molecule has 11 nitrogen and oxygen atoms in total. The SMILES string of the molecule is CCc1c(C(=O)NC2CC3(CNC3)C2)ccc(Nc2nccn3c(-c4cn[nH]c4C(F)(F)F)cnc23)c1OC=O. The van der Waals surface area contributed by atoms with Crippen LogP contribution in [0.15, 0.2) is 36.9 Å². The molecule has 4 aromatic rings. The average molecular weight is 555 g/mol. The number of benzene rings is 1. The second kappa shape index (κ2) is 9.62. The van der Waals surface area contributed by atoms with Crippen molar-refractivity contribution >= 4 is 29.5 Å². The lowest BCUT2D eigenvalue weighted by Gasteiger charge is -2.54. The van der Waals surface area contributed by atoms with E-state index in [0.717, 1.165) is 32.1 Å². The maximum Gasteiger partial charge on any atom is 0.433 e. The van der Waals surface area contributed by atoms with Crippen LogP contribution >= 0.6 is 0 Å². The van der Waals surface area contributed by atoms with E-state index in [1.807, 2.05) is 12.0 Å². The zero-order chi connectivity index (χ0) is 28.1. The van der Waals surface area contributed by atoms with Gasteiger partial charge in [-0.15, -0.1) is 0 Å². The zero-order valence-electron chi connectivity index (χ0n) is 21.3. The summed E-state index contributed by atoms with van der Waals surface area (Å²) in [6, 6.07) is 3.33. The number of fused-ring (bicyclic) bond motifs is 1. The monoisotopic (exact) mass is 554 g/mol. The third-order valence-corrected chi connectivity index (χ3v) is 7.60. The van der Waals surface area contributed by atoms with E-state index in [2.05, 4.69) is 31.0 Å². The number of carbonyl (C=O) groups excluding carboxylic acids is 2. The number of anilines is 2. The number of ether oxygens (including phenoxy) is 1. The standard InChI is InChI=1S/C26H25F3N8O3/c1-2-15-16(24(39)34-14-7-25(8-14)11-30-12-25)3-4-18(20(15)40-13-38)35-22-23-32-10-19(37(23)6-5-31-22)17-9-33-36-21(17)26(27,28)29/h3-6,9-10,13-14,30H,2,7-8,11-12H2,1H3,(H,31,35)(H,33,36)(H,34,39). The van der Waals surface area contributed by atoms with Gasteiger partial charge in [-0.25, -0.2) is 9.97 Å². The lowest BCUT2D eigenvalue weighted by Crippen LogP contribution is -2.65. The lowest BCUT2D eigenvalue weighted by atomic mass is 9.61. The van der Waals surface area contributed by atoms with E-state index in [0.29, 0.717) is 28.7 Å². The molecule has 0 radical (unpaired) electrons. The van der Waals surface area contributed by atoms with Crippen LogP contribution in [0, 0.1) is 5.41 Å². The Bertz CT molecular complexity index is 1600. The average Bonchev–Trinajstić information content (AvgIpc) is 3.53. The van der Waals surface area contributed by atoms with Crippen molar-refractivity contribution < 1.29 is 27.5 Å². The first-order chi connectivity index (χ1) is 19.2. The predicted molar refractivity (Wildman–Crippen MR) is 137 cm³/mol. The number of nitrogens with one attached hydrogen (secondary N) is 4. The van der Waals surface area contributed by atoms with Gasteiger partial charge in [0.15, 0.2) is 17.2 Å². The number of imidazole rings is 1. The van der Waals surface area contributed by atoms with Crippen LogP contribution in [-0.4, -0.2) is 56.1 Å². The van der Waals surface area contributed by atoms with E-state index in [-0.39, 0.29) is 46.9 Å². The van der Waals surface area contributed by atoms with Crippen molar-refractivity contribution in [3.05, 3.63) is 53.7 Å². The molecule has 4 heterocycles. The summed E-state index contributed by atoms with van der Waals surface area (Å²) in [5.74, 6) is 0.114. The highest BCUT2D eigenvalue weighted by Crippen LogP contribution is 2.44. The summed E-state index contributed by atoms with van der Waals surface area (Å²) in [7, 11) is 0. The van der Waals surface area contributed by atoms with E-state index in [1.165, 1.54) is 23.0 Å². The minimum atomic E-state index is -4.63. The highest BCUT2D eigenvalue weighted by molar-refractivity contribution is 5.98. The molecule has 1 amide bonds. The summed E-state index contributed by atoms with van der Waals surface area (Å²) in [6.07, 6.45) is 2.87. The Hall–Kier alpha value is -4.46. The minimum absolute atomic E-state index is 0.0945. The summed E-state index contributed by atoms with van der Waals surface area (Å²) in [6.45, 7) is 4.07. The summed E-state index contributed by atoms with van der Waals surface area (Å²) in [5.41, 5.74) is 0.785. The number of aromatic amines is 1. The molecule has 3 aromatic heterocycles. The van der Waals surface area contributed by atoms with Crippen LogP contribution in [0.2, 0.25) is 0 Å². The van der Waals surface area contributed by atoms with Crippen LogP contribution in [0.3, 0.4) is 0 Å². The van der Waals surface area contributed by atoms with Crippen molar-refractivity contribution in [3.8, 4) is 17.0 Å². The van der Waals surface area contributed by atoms with Gasteiger partial charge in [0, 0.05) is 42.7 Å². The van der Waals surface area contributed by atoms with Gasteiger partial charge in [-0.1, -0.05) is 6.92 Å². The molecule has 1 aliphatic carbocycles. The smallest absolute Gasteiger partial charge is 0.426 e. The zero-order valence-corrected chi connectivity index (χ0v) is 21.3. The van der Waals surface area contributed by atoms with Gasteiger partial charge in [0.05, 0.1) is 29.3 Å². The first-order valence-electron chi connectivity index (χ1n) is 12.7. The molecule has 40 heavy (non-hydrogen) atoms. The molecular weight excluding hydrogens is 529 g/mol. The van der Waals surface area contributed by atoms with Crippen molar-refractivity contribution in [1.29, 1.82) is 0 Å². The van der Waals surface area contributed by atoms with Crippen LogP contribution in [0.5, 0.6) is 5.75 Å². The highest BCUT2D eigenvalue weighted by atomic mass is 19.4. The molecule has 6 rings (SSSR count). The van der Waals surface area contributed by atoms with Gasteiger partial charge in [-0.3, -0.25) is 19.1 Å². The molecule has 1 saturated heterocycles. The number of amides is 1. The van der Waals surface area contributed by atoms with Crippen molar-refractivity contribution in [3.63, 3.8) is 0 Å². The molecule has 0 atom stereocenters. The molecule has 2 fully saturated rings. The molecule has 1 aliphatic heterocycles. The van der Waals surface area contributed by atoms with Crippen molar-refractivity contribution in [1.82, 2.24) is 35.2 Å². The Morgan fingerprint density at radius 1 is 1.25 bits per heavy atom. The molecule has 1 saturated carbocycles. The maximum absolute atomic E-state index is 13.5. The van der Waals surface area contributed by atoms with Crippen LogP contribution in [0.25, 0.3) is 16.9 Å². The molecule has 0 bridgehead atoms.